The number of carboxylic acids is 1. The summed E-state index contributed by atoms with van der Waals surface area (Å²) < 4.78 is 0. The number of benzene rings is 3. The molecule has 0 radical (unpaired) electrons. The van der Waals surface area contributed by atoms with Crippen LogP contribution in [0.1, 0.15) is 42.4 Å². The molecule has 0 aliphatic carbocycles. The monoisotopic (exact) mass is 727 g/mol. The van der Waals surface area contributed by atoms with E-state index in [1.807, 2.05) is 11.5 Å². The van der Waals surface area contributed by atoms with E-state index >= 15 is 0 Å². The Bertz CT molecular complexity index is 1790. The third kappa shape index (κ3) is 11.2. The van der Waals surface area contributed by atoms with Crippen molar-refractivity contribution in [2.24, 2.45) is 0 Å². The topological polar surface area (TPSA) is 203 Å². The summed E-state index contributed by atoms with van der Waals surface area (Å²) in [6, 6.07) is 16.5. The minimum absolute atomic E-state index is 0.0104. The Kier molecular flexibility index (Phi) is 13.0. The van der Waals surface area contributed by atoms with Gasteiger partial charge in [-0.2, -0.15) is 0 Å². The molecule has 6 rings (SSSR count). The number of phenols is 1. The lowest BCUT2D eigenvalue weighted by atomic mass is 10.0. The van der Waals surface area contributed by atoms with Gasteiger partial charge in [0.05, 0.1) is 0 Å². The van der Waals surface area contributed by atoms with E-state index in [0.29, 0.717) is 28.8 Å². The highest BCUT2D eigenvalue weighted by Crippen LogP contribution is 2.28. The Labute approximate surface area is 305 Å². The number of amides is 5. The third-order valence-electron chi connectivity index (χ3n) is 8.69. The molecular weight excluding hydrogens is 687 g/mol. The molecular formula is C38H41N5O8S. The molecule has 13 nitrogen and oxygen atoms in total. The molecule has 3 aliphatic heterocycles. The number of aromatic hydroxyl groups is 1. The number of allylic oxidation sites excluding steroid dienone is 1. The predicted molar refractivity (Wildman–Crippen MR) is 195 cm³/mol. The molecule has 0 aromatic heterocycles. The number of hydrogen-bond acceptors (Lipinski definition) is 8. The van der Waals surface area contributed by atoms with E-state index in [1.54, 1.807) is 66.7 Å². The number of fused-ring (bicyclic) bond motifs is 18. The summed E-state index contributed by atoms with van der Waals surface area (Å²) in [4.78, 5) is 80.1. The molecule has 1 unspecified atom stereocenters. The average molecular weight is 728 g/mol. The second-order valence-electron chi connectivity index (χ2n) is 12.8. The van der Waals surface area contributed by atoms with Gasteiger partial charge in [-0.15, -0.1) is 11.8 Å². The molecule has 3 aliphatic rings. The van der Waals surface area contributed by atoms with Crippen LogP contribution in [0, 0.1) is 0 Å². The fourth-order valence-corrected chi connectivity index (χ4v) is 6.93. The molecule has 272 valence electrons. The molecule has 14 heteroatoms. The highest BCUT2D eigenvalue weighted by Gasteiger charge is 2.33. The van der Waals surface area contributed by atoms with Crippen molar-refractivity contribution in [2.75, 3.05) is 5.32 Å². The van der Waals surface area contributed by atoms with Crippen molar-refractivity contribution in [1.82, 2.24) is 21.3 Å². The van der Waals surface area contributed by atoms with Gasteiger partial charge in [0, 0.05) is 43.0 Å². The van der Waals surface area contributed by atoms with E-state index in [-0.39, 0.29) is 49.5 Å². The summed E-state index contributed by atoms with van der Waals surface area (Å²) in [5, 5.41) is 35.6. The van der Waals surface area contributed by atoms with E-state index < -0.39 is 59.7 Å². The van der Waals surface area contributed by atoms with Crippen LogP contribution in [0.3, 0.4) is 0 Å². The molecule has 0 fully saturated rings. The Morgan fingerprint density at radius 2 is 1.35 bits per heavy atom. The molecule has 5 atom stereocenters. The number of carboxylic acid groups (broad SMARTS) is 1. The molecule has 3 heterocycles. The minimum Gasteiger partial charge on any atom is -0.508 e. The molecule has 7 N–H and O–H groups in total. The van der Waals surface area contributed by atoms with Gasteiger partial charge in [-0.1, -0.05) is 60.7 Å². The minimum atomic E-state index is -1.36. The van der Waals surface area contributed by atoms with Crippen LogP contribution in [0.25, 0.3) is 0 Å². The van der Waals surface area contributed by atoms with Crippen LogP contribution in [0.5, 0.6) is 5.75 Å². The van der Waals surface area contributed by atoms with Gasteiger partial charge >= 0.3 is 5.97 Å². The Morgan fingerprint density at radius 1 is 0.712 bits per heavy atom. The van der Waals surface area contributed by atoms with Gasteiger partial charge in [0.2, 0.25) is 29.5 Å². The normalized spacial score (nSPS) is 23.4. The number of anilines is 1. The Hall–Kier alpha value is -5.63. The summed E-state index contributed by atoms with van der Waals surface area (Å²) in [5.74, 6) is -4.44. The molecule has 2 bridgehead atoms. The van der Waals surface area contributed by atoms with Crippen molar-refractivity contribution in [2.45, 2.75) is 74.4 Å². The first-order valence-corrected chi connectivity index (χ1v) is 17.9. The zero-order valence-corrected chi connectivity index (χ0v) is 29.1. The lowest BCUT2D eigenvalue weighted by Gasteiger charge is -2.27. The number of thioether (sulfide) groups is 1. The molecule has 0 spiro atoms. The maximum absolute atomic E-state index is 14.1. The number of hydrogen-bond donors (Lipinski definition) is 7. The summed E-state index contributed by atoms with van der Waals surface area (Å²) in [6.07, 6.45) is 2.34. The fourth-order valence-electron chi connectivity index (χ4n) is 5.96. The zero-order chi connectivity index (χ0) is 37.0. The first-order valence-electron chi connectivity index (χ1n) is 17.0. The molecule has 3 aromatic rings. The van der Waals surface area contributed by atoms with Crippen molar-refractivity contribution in [1.29, 1.82) is 0 Å². The van der Waals surface area contributed by atoms with Crippen LogP contribution >= 0.6 is 11.8 Å². The van der Waals surface area contributed by atoms with Crippen molar-refractivity contribution >= 4 is 53.0 Å². The maximum atomic E-state index is 14.1. The van der Waals surface area contributed by atoms with Gasteiger partial charge in [-0.3, -0.25) is 24.0 Å². The smallest absolute Gasteiger partial charge is 0.326 e. The van der Waals surface area contributed by atoms with Crippen LogP contribution in [0.2, 0.25) is 0 Å². The highest BCUT2D eigenvalue weighted by molar-refractivity contribution is 8.03. The predicted octanol–water partition coefficient (Wildman–Crippen LogP) is 2.59. The first-order chi connectivity index (χ1) is 25.0. The van der Waals surface area contributed by atoms with Gasteiger partial charge < -0.3 is 36.8 Å². The lowest BCUT2D eigenvalue weighted by molar-refractivity contribution is -0.142. The van der Waals surface area contributed by atoms with Crippen LogP contribution in [0.15, 0.2) is 90.3 Å². The number of nitrogens with one attached hydrogen (secondary N) is 5. The number of carbonyl (C=O) groups excluding carboxylic acids is 5. The van der Waals surface area contributed by atoms with Crippen LogP contribution in [-0.4, -0.2) is 75.1 Å². The van der Waals surface area contributed by atoms with Crippen molar-refractivity contribution in [3.8, 4) is 5.75 Å². The largest absolute Gasteiger partial charge is 0.508 e. The summed E-state index contributed by atoms with van der Waals surface area (Å²) >= 11 is 1.52. The molecule has 0 saturated carbocycles. The number of phenolic OH excluding ortho intramolecular Hbond substituents is 1. The Balaban J connectivity index is 1.49. The molecule has 5 amide bonds. The first kappa shape index (κ1) is 37.6. The SMILES string of the molecule is O=C1CCC(=O)N[C@H](CC2CC=CS2)C(=O)N[C@@H](Cc2cccc(O)c2)C(=O)N[C@H](Cc2ccccc2)C(=O)N[C@H](C(=O)O)Cc2ccc(cc2)N1. The second-order valence-corrected chi connectivity index (χ2v) is 14.0. The van der Waals surface area contributed by atoms with E-state index in [1.165, 1.54) is 23.9 Å². The molecule has 3 aromatic carbocycles. The van der Waals surface area contributed by atoms with Crippen molar-refractivity contribution < 1.29 is 39.0 Å². The van der Waals surface area contributed by atoms with Gasteiger partial charge in [-0.25, -0.2) is 4.79 Å². The summed E-state index contributed by atoms with van der Waals surface area (Å²) in [6.45, 7) is 0. The zero-order valence-electron chi connectivity index (χ0n) is 28.2. The molecule has 0 saturated heterocycles. The molecule has 52 heavy (non-hydrogen) atoms. The quantitative estimate of drug-likeness (QED) is 0.179. The van der Waals surface area contributed by atoms with E-state index in [2.05, 4.69) is 26.6 Å². The van der Waals surface area contributed by atoms with Crippen molar-refractivity contribution in [3.63, 3.8) is 0 Å². The third-order valence-corrected chi connectivity index (χ3v) is 9.81. The average Bonchev–Trinajstić information content (AvgIpc) is 3.63. The number of carbonyl (C=O) groups is 6. The highest BCUT2D eigenvalue weighted by atomic mass is 32.2. The van der Waals surface area contributed by atoms with E-state index in [4.69, 9.17) is 0 Å². The summed E-state index contributed by atoms with van der Waals surface area (Å²) in [5.41, 5.74) is 2.20. The second kappa shape index (κ2) is 18.0. The van der Waals surface area contributed by atoms with Gasteiger partial charge in [-0.05, 0) is 59.2 Å². The van der Waals surface area contributed by atoms with Gasteiger partial charge in [0.1, 0.15) is 29.9 Å². The lowest BCUT2D eigenvalue weighted by Crippen LogP contribution is -2.59. The van der Waals surface area contributed by atoms with Gasteiger partial charge in [0.15, 0.2) is 0 Å². The fraction of sp³-hybridized carbons (Fsp3) is 0.316. The van der Waals surface area contributed by atoms with Gasteiger partial charge in [0.25, 0.3) is 0 Å². The number of aliphatic carboxylic acids is 1. The van der Waals surface area contributed by atoms with Crippen molar-refractivity contribution in [3.05, 3.63) is 107 Å². The number of rotatable bonds is 7. The van der Waals surface area contributed by atoms with Crippen LogP contribution in [0.4, 0.5) is 5.69 Å². The van der Waals surface area contributed by atoms with Crippen LogP contribution in [-0.2, 0) is 48.0 Å². The maximum Gasteiger partial charge on any atom is 0.326 e. The van der Waals surface area contributed by atoms with E-state index in [9.17, 15) is 39.0 Å². The summed E-state index contributed by atoms with van der Waals surface area (Å²) in [7, 11) is 0. The Morgan fingerprint density at radius 3 is 2.00 bits per heavy atom. The van der Waals surface area contributed by atoms with E-state index in [0.717, 1.165) is 0 Å². The van der Waals surface area contributed by atoms with Crippen LogP contribution < -0.4 is 26.6 Å². The standard InChI is InChI=1S/C38H41N5O8S/c44-27-9-4-8-25(18-27)21-30-35(47)41-29(19-23-6-2-1-3-7-23)36(48)43-32(38(50)51)20-24-11-13-26(14-12-24)39-33(45)15-16-34(46)40-31(37(49)42-30)22-28-10-5-17-52-28/h1-9,11-14,17-18,28-32,44H,10,15-16,19-22H2,(H,39,45)(H,40,46)(H,41,47)(H,42,49)(H,43,48)(H,50,51)/t28?,29-,30+,31-,32+/m1/s1.